The molecule has 3 nitrogen and oxygen atoms in total. The first-order valence-electron chi connectivity index (χ1n) is 11.5. The summed E-state index contributed by atoms with van der Waals surface area (Å²) < 4.78 is 20.8. The van der Waals surface area contributed by atoms with Crippen LogP contribution < -0.4 is 0 Å². The zero-order valence-electron chi connectivity index (χ0n) is 18.2. The smallest absolute Gasteiger partial charge is 0.123 e. The van der Waals surface area contributed by atoms with E-state index in [1.54, 1.807) is 12.1 Å². The van der Waals surface area contributed by atoms with Gasteiger partial charge in [-0.05, 0) is 53.1 Å². The number of hydrogen-bond donors (Lipinski definition) is 0. The van der Waals surface area contributed by atoms with Crippen molar-refractivity contribution in [1.29, 1.82) is 0 Å². The van der Waals surface area contributed by atoms with Crippen LogP contribution in [0.25, 0.3) is 0 Å². The van der Waals surface area contributed by atoms with Gasteiger partial charge in [0.2, 0.25) is 0 Å². The fourth-order valence-electron chi connectivity index (χ4n) is 5.67. The largest absolute Gasteiger partial charge is 0.368 e. The number of piperazine rings is 1. The first-order valence-corrected chi connectivity index (χ1v) is 11.5. The Kier molecular flexibility index (Phi) is 5.65. The van der Waals surface area contributed by atoms with Crippen LogP contribution >= 0.6 is 0 Å². The van der Waals surface area contributed by atoms with Crippen LogP contribution in [0.2, 0.25) is 0 Å². The molecular formula is C26H33FN2O. The van der Waals surface area contributed by atoms with Crippen LogP contribution in [0.3, 0.4) is 0 Å². The number of hydrogen-bond acceptors (Lipinski definition) is 3. The van der Waals surface area contributed by atoms with Crippen molar-refractivity contribution in [2.75, 3.05) is 39.3 Å². The summed E-state index contributed by atoms with van der Waals surface area (Å²) in [6.45, 7) is 11.3. The van der Waals surface area contributed by atoms with Gasteiger partial charge >= 0.3 is 0 Å². The third-order valence-electron chi connectivity index (χ3n) is 7.02. The molecule has 1 aliphatic carbocycles. The average Bonchev–Trinajstić information content (AvgIpc) is 3.09. The van der Waals surface area contributed by atoms with Crippen LogP contribution in [0.4, 0.5) is 4.39 Å². The van der Waals surface area contributed by atoms with Crippen molar-refractivity contribution < 1.29 is 9.13 Å². The summed E-state index contributed by atoms with van der Waals surface area (Å²) in [5, 5.41) is 0. The first-order chi connectivity index (χ1) is 14.6. The van der Waals surface area contributed by atoms with Gasteiger partial charge in [-0.3, -0.25) is 4.90 Å². The van der Waals surface area contributed by atoms with Crippen LogP contribution in [0.15, 0.2) is 42.5 Å². The number of fused-ring (bicyclic) bond motifs is 5. The van der Waals surface area contributed by atoms with Crippen molar-refractivity contribution in [3.05, 3.63) is 70.5 Å². The molecule has 2 aromatic carbocycles. The van der Waals surface area contributed by atoms with Gasteiger partial charge in [0, 0.05) is 45.2 Å². The highest BCUT2D eigenvalue weighted by molar-refractivity contribution is 5.45. The second-order valence-electron chi connectivity index (χ2n) is 9.73. The van der Waals surface area contributed by atoms with E-state index in [0.29, 0.717) is 5.92 Å². The fourth-order valence-corrected chi connectivity index (χ4v) is 5.67. The number of benzene rings is 2. The van der Waals surface area contributed by atoms with E-state index in [2.05, 4.69) is 47.9 Å². The van der Waals surface area contributed by atoms with Gasteiger partial charge in [0.15, 0.2) is 0 Å². The van der Waals surface area contributed by atoms with Gasteiger partial charge in [0.1, 0.15) is 5.82 Å². The summed E-state index contributed by atoms with van der Waals surface area (Å²) in [6, 6.07) is 14.0. The lowest BCUT2D eigenvalue weighted by Crippen LogP contribution is -2.49. The van der Waals surface area contributed by atoms with Gasteiger partial charge < -0.3 is 9.64 Å². The molecule has 2 fully saturated rings. The zero-order chi connectivity index (χ0) is 20.7. The molecule has 3 atom stereocenters. The number of rotatable bonds is 4. The van der Waals surface area contributed by atoms with E-state index < -0.39 is 0 Å². The molecular weight excluding hydrogens is 375 g/mol. The molecule has 3 aliphatic rings. The molecule has 30 heavy (non-hydrogen) atoms. The van der Waals surface area contributed by atoms with Gasteiger partial charge in [0.25, 0.3) is 0 Å². The maximum atomic E-state index is 14.1. The molecule has 0 aromatic heterocycles. The highest BCUT2D eigenvalue weighted by Crippen LogP contribution is 2.49. The quantitative estimate of drug-likeness (QED) is 0.734. The van der Waals surface area contributed by atoms with E-state index in [9.17, 15) is 4.39 Å². The molecule has 0 saturated carbocycles. The molecule has 2 heterocycles. The van der Waals surface area contributed by atoms with E-state index in [1.165, 1.54) is 23.2 Å². The Labute approximate surface area is 179 Å². The molecule has 0 N–H and O–H groups in total. The lowest BCUT2D eigenvalue weighted by atomic mass is 9.87. The summed E-state index contributed by atoms with van der Waals surface area (Å²) in [6.07, 6.45) is 2.06. The second kappa shape index (κ2) is 8.41. The van der Waals surface area contributed by atoms with Crippen molar-refractivity contribution >= 4 is 0 Å². The SMILES string of the molecule is CC(C)CN1CCN(C[C@H]2C[C@@H]3c4ccccc4Cc4ccc(F)cc4[C@H]3O2)CC1. The number of halogens is 1. The summed E-state index contributed by atoms with van der Waals surface area (Å²) in [4.78, 5) is 5.14. The van der Waals surface area contributed by atoms with E-state index in [4.69, 9.17) is 4.74 Å². The third kappa shape index (κ3) is 4.05. The molecule has 0 spiro atoms. The van der Waals surface area contributed by atoms with Crippen molar-refractivity contribution in [3.63, 3.8) is 0 Å². The van der Waals surface area contributed by atoms with Crippen molar-refractivity contribution in [1.82, 2.24) is 9.80 Å². The Hall–Kier alpha value is -1.75. The molecule has 2 saturated heterocycles. The summed E-state index contributed by atoms with van der Waals surface area (Å²) >= 11 is 0. The van der Waals surface area contributed by atoms with Gasteiger partial charge in [-0.1, -0.05) is 44.2 Å². The van der Waals surface area contributed by atoms with E-state index in [0.717, 1.165) is 57.0 Å². The molecule has 0 unspecified atom stereocenters. The predicted octanol–water partition coefficient (Wildman–Crippen LogP) is 4.62. The molecule has 5 rings (SSSR count). The minimum atomic E-state index is -0.160. The summed E-state index contributed by atoms with van der Waals surface area (Å²) in [5.74, 6) is 0.880. The lowest BCUT2D eigenvalue weighted by molar-refractivity contribution is 0.00819. The Morgan fingerprint density at radius 3 is 2.50 bits per heavy atom. The van der Waals surface area contributed by atoms with Gasteiger partial charge in [0.05, 0.1) is 12.2 Å². The van der Waals surface area contributed by atoms with Crippen molar-refractivity contribution in [2.45, 2.75) is 44.8 Å². The summed E-state index contributed by atoms with van der Waals surface area (Å²) in [7, 11) is 0. The minimum Gasteiger partial charge on any atom is -0.368 e. The van der Waals surface area contributed by atoms with Crippen LogP contribution in [0.1, 0.15) is 54.5 Å². The molecule has 160 valence electrons. The Bertz CT molecular complexity index is 890. The van der Waals surface area contributed by atoms with Gasteiger partial charge in [-0.15, -0.1) is 0 Å². The van der Waals surface area contributed by atoms with E-state index in [1.807, 2.05) is 6.07 Å². The Morgan fingerprint density at radius 2 is 1.70 bits per heavy atom. The highest BCUT2D eigenvalue weighted by atomic mass is 19.1. The molecule has 2 aromatic rings. The number of nitrogens with zero attached hydrogens (tertiary/aromatic N) is 2. The monoisotopic (exact) mass is 408 g/mol. The van der Waals surface area contributed by atoms with Crippen molar-refractivity contribution in [2.24, 2.45) is 5.92 Å². The van der Waals surface area contributed by atoms with Crippen LogP contribution in [0, 0.1) is 11.7 Å². The molecule has 0 radical (unpaired) electrons. The maximum absolute atomic E-state index is 14.1. The third-order valence-corrected chi connectivity index (χ3v) is 7.02. The Morgan fingerprint density at radius 1 is 0.967 bits per heavy atom. The highest BCUT2D eigenvalue weighted by Gasteiger charge is 2.41. The molecule has 2 aliphatic heterocycles. The predicted molar refractivity (Wildman–Crippen MR) is 118 cm³/mol. The van der Waals surface area contributed by atoms with Crippen LogP contribution in [0.5, 0.6) is 0 Å². The van der Waals surface area contributed by atoms with Crippen molar-refractivity contribution in [3.8, 4) is 0 Å². The first kappa shape index (κ1) is 20.2. The van der Waals surface area contributed by atoms with Gasteiger partial charge in [-0.25, -0.2) is 4.39 Å². The zero-order valence-corrected chi connectivity index (χ0v) is 18.2. The van der Waals surface area contributed by atoms with Crippen LogP contribution in [-0.4, -0.2) is 55.2 Å². The number of ether oxygens (including phenoxy) is 1. The molecule has 0 amide bonds. The summed E-state index contributed by atoms with van der Waals surface area (Å²) in [5.41, 5.74) is 5.02. The molecule has 0 bridgehead atoms. The standard InChI is InChI=1S/C26H33FN2O/c1-18(2)16-28-9-11-29(12-10-28)17-22-15-25-23-6-4-3-5-19(23)13-20-7-8-21(27)14-24(20)26(25)30-22/h3-8,14,18,22,25-26H,9-13,15-17H2,1-2H3/t22-,25-,26-/m1/s1. The fraction of sp³-hybridized carbons (Fsp3) is 0.538. The van der Waals surface area contributed by atoms with Crippen LogP contribution in [-0.2, 0) is 11.2 Å². The lowest BCUT2D eigenvalue weighted by Gasteiger charge is -2.36. The topological polar surface area (TPSA) is 15.7 Å². The second-order valence-corrected chi connectivity index (χ2v) is 9.73. The normalized spacial score (nSPS) is 26.9. The minimum absolute atomic E-state index is 0.0356. The van der Waals surface area contributed by atoms with E-state index >= 15 is 0 Å². The Balaban J connectivity index is 1.33. The van der Waals surface area contributed by atoms with Gasteiger partial charge in [-0.2, -0.15) is 0 Å². The van der Waals surface area contributed by atoms with E-state index in [-0.39, 0.29) is 18.0 Å². The maximum Gasteiger partial charge on any atom is 0.123 e. The average molecular weight is 409 g/mol. The molecule has 4 heteroatoms.